The molecule has 4 aromatic rings. The maximum Gasteiger partial charge on any atom is 0.323 e. The molecule has 0 atom stereocenters. The number of halogens is 1. The van der Waals surface area contributed by atoms with Crippen molar-refractivity contribution in [1.82, 2.24) is 10.3 Å². The van der Waals surface area contributed by atoms with E-state index in [1.807, 2.05) is 43.3 Å². The van der Waals surface area contributed by atoms with Crippen LogP contribution in [-0.2, 0) is 17.8 Å². The summed E-state index contributed by atoms with van der Waals surface area (Å²) in [6.07, 6.45) is 2.11. The Bertz CT molecular complexity index is 1320. The molecule has 3 N–H and O–H groups in total. The van der Waals surface area contributed by atoms with Gasteiger partial charge in [-0.15, -0.1) is 0 Å². The van der Waals surface area contributed by atoms with Crippen LogP contribution in [0, 0.1) is 12.7 Å². The van der Waals surface area contributed by atoms with Crippen LogP contribution in [0.2, 0.25) is 0 Å². The normalized spacial score (nSPS) is 10.6. The predicted octanol–water partition coefficient (Wildman–Crippen LogP) is 5.68. The molecule has 3 amide bonds. The molecule has 0 saturated carbocycles. The van der Waals surface area contributed by atoms with Crippen molar-refractivity contribution in [1.29, 1.82) is 0 Å². The van der Waals surface area contributed by atoms with Gasteiger partial charge >= 0.3 is 6.03 Å². The van der Waals surface area contributed by atoms with E-state index in [1.165, 1.54) is 12.1 Å². The number of rotatable bonds is 8. The number of hydrogen-bond donors (Lipinski definition) is 3. The van der Waals surface area contributed by atoms with Crippen molar-refractivity contribution in [2.75, 3.05) is 10.6 Å². The number of hydrogen-bond acceptors (Lipinski definition) is 4. The molecule has 0 bridgehead atoms. The molecule has 0 aliphatic rings. The fourth-order valence-corrected chi connectivity index (χ4v) is 3.46. The highest BCUT2D eigenvalue weighted by molar-refractivity contribution is 5.99. The van der Waals surface area contributed by atoms with E-state index in [0.717, 1.165) is 16.7 Å². The molecule has 0 unspecified atom stereocenters. The molecule has 0 fully saturated rings. The average molecular weight is 473 g/mol. The monoisotopic (exact) mass is 472 g/mol. The van der Waals surface area contributed by atoms with Gasteiger partial charge in [0, 0.05) is 36.3 Å². The molecular formula is C27H25FN4O3. The Balaban J connectivity index is 1.24. The lowest BCUT2D eigenvalue weighted by Gasteiger charge is -2.10. The van der Waals surface area contributed by atoms with Gasteiger partial charge in [0.1, 0.15) is 5.82 Å². The Hall–Kier alpha value is -4.46. The molecule has 0 aliphatic heterocycles. The topological polar surface area (TPSA) is 96.3 Å². The number of aryl methyl sites for hydroxylation is 2. The second-order valence-corrected chi connectivity index (χ2v) is 8.05. The van der Waals surface area contributed by atoms with Crippen LogP contribution in [0.5, 0.6) is 0 Å². The molecule has 1 heterocycles. The lowest BCUT2D eigenvalue weighted by molar-refractivity contribution is -0.121. The first kappa shape index (κ1) is 23.7. The number of aromatic nitrogens is 1. The maximum absolute atomic E-state index is 13.1. The maximum atomic E-state index is 13.1. The van der Waals surface area contributed by atoms with Crippen LogP contribution in [0.25, 0.3) is 11.3 Å². The van der Waals surface area contributed by atoms with E-state index >= 15 is 0 Å². The number of benzene rings is 3. The third kappa shape index (κ3) is 7.01. The van der Waals surface area contributed by atoms with E-state index < -0.39 is 0 Å². The first-order valence-electron chi connectivity index (χ1n) is 11.2. The number of anilines is 2. The summed E-state index contributed by atoms with van der Waals surface area (Å²) in [7, 11) is 0. The Kier molecular flexibility index (Phi) is 7.52. The van der Waals surface area contributed by atoms with Crippen LogP contribution >= 0.6 is 0 Å². The zero-order valence-corrected chi connectivity index (χ0v) is 19.2. The number of carbonyl (C=O) groups excluding carboxylic acids is 2. The van der Waals surface area contributed by atoms with E-state index in [9.17, 15) is 14.0 Å². The smallest absolute Gasteiger partial charge is 0.323 e. The van der Waals surface area contributed by atoms with Gasteiger partial charge in [0.2, 0.25) is 5.91 Å². The number of nitrogens with zero attached hydrogens (tertiary/aromatic N) is 1. The Morgan fingerprint density at radius 3 is 2.40 bits per heavy atom. The van der Waals surface area contributed by atoms with Gasteiger partial charge < -0.3 is 20.4 Å². The summed E-state index contributed by atoms with van der Waals surface area (Å²) in [6.45, 7) is 2.28. The van der Waals surface area contributed by atoms with Crippen molar-refractivity contribution in [3.8, 4) is 11.3 Å². The predicted molar refractivity (Wildman–Crippen MR) is 132 cm³/mol. The van der Waals surface area contributed by atoms with Crippen LogP contribution in [0.3, 0.4) is 0 Å². The van der Waals surface area contributed by atoms with Crippen LogP contribution < -0.4 is 16.0 Å². The highest BCUT2D eigenvalue weighted by Crippen LogP contribution is 2.21. The van der Waals surface area contributed by atoms with Gasteiger partial charge in [-0.05, 0) is 66.6 Å². The summed E-state index contributed by atoms with van der Waals surface area (Å²) >= 11 is 0. The van der Waals surface area contributed by atoms with Gasteiger partial charge in [-0.3, -0.25) is 4.79 Å². The lowest BCUT2D eigenvalue weighted by atomic mass is 10.2. The second kappa shape index (κ2) is 11.1. The zero-order chi connectivity index (χ0) is 24.6. The standard InChI is InChI=1S/C27H25FN4O3/c1-18-4-2-6-22(14-18)31-27(34)32-23-7-3-5-19(15-23)16-29-25(33)12-13-26-30-17-24(35-26)20-8-10-21(28)11-9-20/h2-11,14-15,17H,12-13,16H2,1H3,(H,29,33)(H2,31,32,34). The van der Waals surface area contributed by atoms with E-state index in [2.05, 4.69) is 20.9 Å². The second-order valence-electron chi connectivity index (χ2n) is 8.05. The van der Waals surface area contributed by atoms with Gasteiger partial charge in [-0.25, -0.2) is 14.2 Å². The summed E-state index contributed by atoms with van der Waals surface area (Å²) in [5, 5.41) is 8.46. The van der Waals surface area contributed by atoms with Crippen molar-refractivity contribution in [3.63, 3.8) is 0 Å². The van der Waals surface area contributed by atoms with E-state index in [4.69, 9.17) is 4.42 Å². The average Bonchev–Trinajstić information content (AvgIpc) is 3.31. The summed E-state index contributed by atoms with van der Waals surface area (Å²) < 4.78 is 18.7. The molecule has 8 heteroatoms. The molecule has 0 radical (unpaired) electrons. The minimum absolute atomic E-state index is 0.151. The fourth-order valence-electron chi connectivity index (χ4n) is 3.46. The van der Waals surface area contributed by atoms with Crippen LogP contribution in [-0.4, -0.2) is 16.9 Å². The van der Waals surface area contributed by atoms with Gasteiger partial charge in [0.25, 0.3) is 0 Å². The third-order valence-corrected chi connectivity index (χ3v) is 5.20. The molecule has 0 saturated heterocycles. The zero-order valence-electron chi connectivity index (χ0n) is 19.2. The number of oxazole rings is 1. The molecule has 0 spiro atoms. The van der Waals surface area contributed by atoms with Crippen LogP contribution in [0.15, 0.2) is 83.4 Å². The van der Waals surface area contributed by atoms with Crippen molar-refractivity contribution >= 4 is 23.3 Å². The number of carbonyl (C=O) groups is 2. The van der Waals surface area contributed by atoms with Crippen LogP contribution in [0.1, 0.15) is 23.4 Å². The number of amides is 3. The van der Waals surface area contributed by atoms with Crippen molar-refractivity contribution in [2.45, 2.75) is 26.3 Å². The van der Waals surface area contributed by atoms with Crippen molar-refractivity contribution in [3.05, 3.63) is 102 Å². The van der Waals surface area contributed by atoms with Gasteiger partial charge in [-0.2, -0.15) is 0 Å². The van der Waals surface area contributed by atoms with Gasteiger partial charge in [-0.1, -0.05) is 24.3 Å². The fraction of sp³-hybridized carbons (Fsp3) is 0.148. The molecule has 1 aromatic heterocycles. The Morgan fingerprint density at radius 1 is 0.943 bits per heavy atom. The van der Waals surface area contributed by atoms with Gasteiger partial charge in [0.15, 0.2) is 11.7 Å². The van der Waals surface area contributed by atoms with E-state index in [-0.39, 0.29) is 24.2 Å². The molecule has 0 aliphatic carbocycles. The number of urea groups is 1. The summed E-state index contributed by atoms with van der Waals surface area (Å²) in [4.78, 5) is 28.8. The Morgan fingerprint density at radius 2 is 1.66 bits per heavy atom. The van der Waals surface area contributed by atoms with E-state index in [1.54, 1.807) is 30.5 Å². The Labute approximate surface area is 202 Å². The molecule has 4 rings (SSSR count). The quantitative estimate of drug-likeness (QED) is 0.307. The lowest BCUT2D eigenvalue weighted by Crippen LogP contribution is -2.23. The third-order valence-electron chi connectivity index (χ3n) is 5.20. The SMILES string of the molecule is Cc1cccc(NC(=O)Nc2cccc(CNC(=O)CCc3ncc(-c4ccc(F)cc4)o3)c2)c1. The first-order valence-corrected chi connectivity index (χ1v) is 11.2. The minimum Gasteiger partial charge on any atom is -0.441 e. The van der Waals surface area contributed by atoms with E-state index in [0.29, 0.717) is 36.0 Å². The molecular weight excluding hydrogens is 447 g/mol. The molecule has 178 valence electrons. The van der Waals surface area contributed by atoms with Crippen molar-refractivity contribution < 1.29 is 18.4 Å². The van der Waals surface area contributed by atoms with Crippen molar-refractivity contribution in [2.24, 2.45) is 0 Å². The highest BCUT2D eigenvalue weighted by atomic mass is 19.1. The van der Waals surface area contributed by atoms with Gasteiger partial charge in [0.05, 0.1) is 6.20 Å². The minimum atomic E-state index is -0.345. The van der Waals surface area contributed by atoms with Crippen LogP contribution in [0.4, 0.5) is 20.6 Å². The summed E-state index contributed by atoms with van der Waals surface area (Å²) in [5.41, 5.74) is 3.95. The highest BCUT2D eigenvalue weighted by Gasteiger charge is 2.10. The molecule has 3 aromatic carbocycles. The number of nitrogens with one attached hydrogen (secondary N) is 3. The molecule has 35 heavy (non-hydrogen) atoms. The largest absolute Gasteiger partial charge is 0.441 e. The summed E-state index contributed by atoms with van der Waals surface area (Å²) in [6, 6.07) is 20.4. The first-order chi connectivity index (χ1) is 16.9. The molecule has 7 nitrogen and oxygen atoms in total. The summed E-state index contributed by atoms with van der Waals surface area (Å²) in [5.74, 6) is 0.487.